The van der Waals surface area contributed by atoms with Crippen LogP contribution < -0.4 is 5.56 Å². The summed E-state index contributed by atoms with van der Waals surface area (Å²) in [5, 5.41) is 0.673. The topological polar surface area (TPSA) is 86.4 Å². The van der Waals surface area contributed by atoms with Gasteiger partial charge in [-0.3, -0.25) is 14.6 Å². The van der Waals surface area contributed by atoms with Crippen molar-refractivity contribution in [1.82, 2.24) is 19.8 Å². The Labute approximate surface area is 192 Å². The van der Waals surface area contributed by atoms with Crippen LogP contribution in [0.2, 0.25) is 0 Å². The number of nitrogens with zero attached hydrogens (tertiary/aromatic N) is 3. The van der Waals surface area contributed by atoms with E-state index in [9.17, 15) is 13.2 Å². The number of hydrogen-bond donors (Lipinski definition) is 1. The fourth-order valence-electron chi connectivity index (χ4n) is 4.87. The van der Waals surface area contributed by atoms with Crippen molar-refractivity contribution < 1.29 is 8.42 Å². The third kappa shape index (κ3) is 4.26. The van der Waals surface area contributed by atoms with Gasteiger partial charge in [0, 0.05) is 42.7 Å². The van der Waals surface area contributed by atoms with Crippen molar-refractivity contribution >= 4 is 31.4 Å². The van der Waals surface area contributed by atoms with Crippen molar-refractivity contribution in [2.75, 3.05) is 37.7 Å². The maximum Gasteiger partial charge on any atom is 0.260 e. The van der Waals surface area contributed by atoms with E-state index in [-0.39, 0.29) is 11.6 Å². The van der Waals surface area contributed by atoms with E-state index in [2.05, 4.69) is 46.0 Å². The van der Waals surface area contributed by atoms with Gasteiger partial charge < -0.3 is 4.98 Å². The second-order valence-electron chi connectivity index (χ2n) is 8.96. The molecule has 5 rings (SSSR count). The second kappa shape index (κ2) is 8.37. The summed E-state index contributed by atoms with van der Waals surface area (Å²) in [5.41, 5.74) is 3.13. The van der Waals surface area contributed by atoms with E-state index in [1.54, 1.807) is 11.3 Å². The summed E-state index contributed by atoms with van der Waals surface area (Å²) in [6, 6.07) is 8.41. The Bertz CT molecular complexity index is 1300. The molecule has 1 atom stereocenters. The number of thiophene rings is 1. The monoisotopic (exact) mass is 472 g/mol. The number of aryl methyl sites for hydroxylation is 2. The van der Waals surface area contributed by atoms with Crippen LogP contribution in [0.5, 0.6) is 0 Å². The van der Waals surface area contributed by atoms with E-state index in [0.717, 1.165) is 53.4 Å². The first-order valence-electron chi connectivity index (χ1n) is 11.1. The molecule has 0 saturated carbocycles. The lowest BCUT2D eigenvalue weighted by atomic mass is 10.0. The molecule has 3 aromatic rings. The van der Waals surface area contributed by atoms with Crippen LogP contribution in [0.4, 0.5) is 0 Å². The van der Waals surface area contributed by atoms with Crippen LogP contribution in [0, 0.1) is 13.8 Å². The van der Waals surface area contributed by atoms with Gasteiger partial charge in [0.15, 0.2) is 9.84 Å². The maximum atomic E-state index is 13.0. The standard InChI is InChI=1S/C23H28N4O3S2/c1-15-3-5-17(6-4-15)20-16(2)31-23-21(20)22(28)24-19(25-23)13-26-8-10-27(11-9-26)18-7-12-32(29,30)14-18/h3-6,18H,7-14H2,1-2H3,(H,24,25,28)/t18-/m1/s1. The largest absolute Gasteiger partial charge is 0.309 e. The molecular weight excluding hydrogens is 444 g/mol. The number of rotatable bonds is 4. The molecule has 4 heterocycles. The van der Waals surface area contributed by atoms with Gasteiger partial charge in [0.05, 0.1) is 23.4 Å². The third-order valence-corrected chi connectivity index (χ3v) is 9.38. The molecule has 0 bridgehead atoms. The number of piperazine rings is 1. The van der Waals surface area contributed by atoms with E-state index < -0.39 is 9.84 Å². The molecule has 2 aliphatic rings. The van der Waals surface area contributed by atoms with Crippen LogP contribution in [0.3, 0.4) is 0 Å². The van der Waals surface area contributed by atoms with Crippen LogP contribution in [-0.4, -0.2) is 71.9 Å². The van der Waals surface area contributed by atoms with Crippen LogP contribution in [0.1, 0.15) is 22.7 Å². The highest BCUT2D eigenvalue weighted by Crippen LogP contribution is 2.35. The number of fused-ring (bicyclic) bond motifs is 1. The van der Waals surface area contributed by atoms with Crippen molar-refractivity contribution in [1.29, 1.82) is 0 Å². The molecule has 7 nitrogen and oxygen atoms in total. The molecule has 0 amide bonds. The highest BCUT2D eigenvalue weighted by molar-refractivity contribution is 7.91. The molecule has 2 fully saturated rings. The summed E-state index contributed by atoms with van der Waals surface area (Å²) in [4.78, 5) is 27.3. The van der Waals surface area contributed by atoms with Gasteiger partial charge in [-0.25, -0.2) is 13.4 Å². The summed E-state index contributed by atoms with van der Waals surface area (Å²) in [7, 11) is -2.86. The van der Waals surface area contributed by atoms with Gasteiger partial charge in [0.25, 0.3) is 5.56 Å². The van der Waals surface area contributed by atoms with Crippen LogP contribution in [-0.2, 0) is 16.4 Å². The molecule has 9 heteroatoms. The van der Waals surface area contributed by atoms with E-state index in [0.29, 0.717) is 29.3 Å². The number of sulfone groups is 1. The Kier molecular flexibility index (Phi) is 5.69. The zero-order valence-electron chi connectivity index (χ0n) is 18.4. The molecule has 32 heavy (non-hydrogen) atoms. The van der Waals surface area contributed by atoms with Gasteiger partial charge in [-0.05, 0) is 25.8 Å². The van der Waals surface area contributed by atoms with Gasteiger partial charge in [-0.2, -0.15) is 0 Å². The van der Waals surface area contributed by atoms with Gasteiger partial charge in [0.1, 0.15) is 10.7 Å². The Morgan fingerprint density at radius 2 is 1.84 bits per heavy atom. The first-order valence-corrected chi connectivity index (χ1v) is 13.7. The molecule has 0 aliphatic carbocycles. The molecule has 2 saturated heterocycles. The molecule has 1 N–H and O–H groups in total. The molecule has 0 spiro atoms. The minimum absolute atomic E-state index is 0.0836. The quantitative estimate of drug-likeness (QED) is 0.628. The Morgan fingerprint density at radius 3 is 2.50 bits per heavy atom. The SMILES string of the molecule is Cc1ccc(-c2c(C)sc3nc(CN4CCN([C@@H]5CCS(=O)(=O)C5)CC4)[nH]c(=O)c23)cc1. The third-order valence-electron chi connectivity index (χ3n) is 6.63. The number of hydrogen-bond acceptors (Lipinski definition) is 7. The molecule has 170 valence electrons. The van der Waals surface area contributed by atoms with Crippen molar-refractivity contribution in [2.45, 2.75) is 32.9 Å². The molecular formula is C23H28N4O3S2. The van der Waals surface area contributed by atoms with Crippen molar-refractivity contribution in [3.05, 3.63) is 50.9 Å². The fourth-order valence-corrected chi connectivity index (χ4v) is 7.69. The van der Waals surface area contributed by atoms with Crippen molar-refractivity contribution in [2.24, 2.45) is 0 Å². The highest BCUT2D eigenvalue weighted by atomic mass is 32.2. The van der Waals surface area contributed by atoms with Crippen LogP contribution in [0.15, 0.2) is 29.1 Å². The van der Waals surface area contributed by atoms with Gasteiger partial charge in [-0.1, -0.05) is 29.8 Å². The van der Waals surface area contributed by atoms with Gasteiger partial charge in [0.2, 0.25) is 0 Å². The average Bonchev–Trinajstić information content (AvgIpc) is 3.28. The second-order valence-corrected chi connectivity index (χ2v) is 12.4. The molecule has 0 radical (unpaired) electrons. The Morgan fingerprint density at radius 1 is 1.12 bits per heavy atom. The highest BCUT2D eigenvalue weighted by Gasteiger charge is 2.33. The van der Waals surface area contributed by atoms with E-state index in [1.165, 1.54) is 5.56 Å². The summed E-state index contributed by atoms with van der Waals surface area (Å²) in [6.07, 6.45) is 0.745. The summed E-state index contributed by atoms with van der Waals surface area (Å²) >= 11 is 1.57. The van der Waals surface area contributed by atoms with E-state index in [1.807, 2.05) is 6.92 Å². The predicted molar refractivity (Wildman–Crippen MR) is 129 cm³/mol. The maximum absolute atomic E-state index is 13.0. The van der Waals surface area contributed by atoms with Crippen LogP contribution in [0.25, 0.3) is 21.3 Å². The number of aromatic amines is 1. The minimum atomic E-state index is -2.86. The first-order chi connectivity index (χ1) is 15.3. The zero-order chi connectivity index (χ0) is 22.5. The summed E-state index contributed by atoms with van der Waals surface area (Å²) < 4.78 is 23.6. The van der Waals surface area contributed by atoms with Crippen LogP contribution >= 0.6 is 11.3 Å². The van der Waals surface area contributed by atoms with E-state index >= 15 is 0 Å². The molecule has 2 aromatic heterocycles. The van der Waals surface area contributed by atoms with E-state index in [4.69, 9.17) is 4.98 Å². The predicted octanol–water partition coefficient (Wildman–Crippen LogP) is 2.57. The first kappa shape index (κ1) is 21.8. The molecule has 0 unspecified atom stereocenters. The normalized spacial score (nSPS) is 22.0. The number of H-pyrrole nitrogens is 1. The fraction of sp³-hybridized carbons (Fsp3) is 0.478. The number of nitrogens with one attached hydrogen (secondary N) is 1. The molecule has 2 aliphatic heterocycles. The molecule has 1 aromatic carbocycles. The van der Waals surface area contributed by atoms with Crippen molar-refractivity contribution in [3.63, 3.8) is 0 Å². The Balaban J connectivity index is 1.32. The van der Waals surface area contributed by atoms with Gasteiger partial charge in [-0.15, -0.1) is 11.3 Å². The lowest BCUT2D eigenvalue weighted by Crippen LogP contribution is -2.50. The lowest BCUT2D eigenvalue weighted by molar-refractivity contribution is 0.0984. The Hall–Kier alpha value is -2.07. The van der Waals surface area contributed by atoms with Gasteiger partial charge >= 0.3 is 0 Å². The smallest absolute Gasteiger partial charge is 0.260 e. The number of benzene rings is 1. The zero-order valence-corrected chi connectivity index (χ0v) is 20.1. The summed E-state index contributed by atoms with van der Waals surface area (Å²) in [6.45, 7) is 8.08. The summed E-state index contributed by atoms with van der Waals surface area (Å²) in [5.74, 6) is 1.30. The number of aromatic nitrogens is 2. The van der Waals surface area contributed by atoms with Crippen molar-refractivity contribution in [3.8, 4) is 11.1 Å². The minimum Gasteiger partial charge on any atom is -0.309 e. The lowest BCUT2D eigenvalue weighted by Gasteiger charge is -2.37. The average molecular weight is 473 g/mol.